The highest BCUT2D eigenvalue weighted by Crippen LogP contribution is 2.22. The maximum Gasteiger partial charge on any atom is 0.0867 e. The van der Waals surface area contributed by atoms with Crippen LogP contribution in [0.4, 0.5) is 0 Å². The first kappa shape index (κ1) is 12.3. The highest BCUT2D eigenvalue weighted by Gasteiger charge is 2.28. The highest BCUT2D eigenvalue weighted by atomic mass is 15.3. The maximum absolute atomic E-state index is 8.78. The molecule has 1 unspecified atom stereocenters. The molecule has 0 amide bonds. The summed E-state index contributed by atoms with van der Waals surface area (Å²) >= 11 is 0. The second-order valence-electron chi connectivity index (χ2n) is 4.61. The Morgan fingerprint density at radius 3 is 3.00 bits per heavy atom. The van der Waals surface area contributed by atoms with Crippen molar-refractivity contribution in [2.75, 3.05) is 32.8 Å². The Labute approximate surface area is 103 Å². The zero-order valence-electron chi connectivity index (χ0n) is 10.2. The number of hydrogen-bond acceptors (Lipinski definition) is 4. The van der Waals surface area contributed by atoms with E-state index < -0.39 is 0 Å². The van der Waals surface area contributed by atoms with E-state index in [0.29, 0.717) is 19.3 Å². The van der Waals surface area contributed by atoms with Crippen molar-refractivity contribution in [2.24, 2.45) is 5.73 Å². The highest BCUT2D eigenvalue weighted by molar-refractivity contribution is 5.23. The molecule has 1 heterocycles. The molecule has 2 aliphatic rings. The van der Waals surface area contributed by atoms with E-state index in [1.165, 1.54) is 5.57 Å². The minimum atomic E-state index is 0.395. The molecule has 0 saturated carbocycles. The van der Waals surface area contributed by atoms with Crippen LogP contribution in [0.2, 0.25) is 0 Å². The van der Waals surface area contributed by atoms with Crippen LogP contribution in [0.15, 0.2) is 23.8 Å². The van der Waals surface area contributed by atoms with E-state index in [-0.39, 0.29) is 0 Å². The molecule has 4 heteroatoms. The van der Waals surface area contributed by atoms with E-state index >= 15 is 0 Å². The number of nitriles is 1. The smallest absolute Gasteiger partial charge is 0.0867 e. The van der Waals surface area contributed by atoms with Gasteiger partial charge in [-0.25, -0.2) is 0 Å². The molecule has 1 fully saturated rings. The van der Waals surface area contributed by atoms with E-state index in [4.69, 9.17) is 11.0 Å². The monoisotopic (exact) mass is 232 g/mol. The van der Waals surface area contributed by atoms with Gasteiger partial charge in [-0.15, -0.1) is 0 Å². The van der Waals surface area contributed by atoms with E-state index in [0.717, 1.165) is 32.5 Å². The molecule has 0 aromatic rings. The third-order valence-corrected chi connectivity index (χ3v) is 3.58. The van der Waals surface area contributed by atoms with Gasteiger partial charge in [0.2, 0.25) is 0 Å². The average Bonchev–Trinajstić information content (AvgIpc) is 2.40. The lowest BCUT2D eigenvalue weighted by atomic mass is 9.95. The largest absolute Gasteiger partial charge is 0.318 e. The van der Waals surface area contributed by atoms with Gasteiger partial charge in [-0.05, 0) is 12.8 Å². The standard InChI is InChI=1S/C13H20N4/c14-6-7-16-8-9-17(11-15)13(10-16)12-4-2-1-3-5-12/h1-2,4,13H,3,5,7-11,15H2. The van der Waals surface area contributed by atoms with Crippen molar-refractivity contribution >= 4 is 0 Å². The molecule has 1 atom stereocenters. The first-order valence-electron chi connectivity index (χ1n) is 6.24. The number of piperazine rings is 1. The summed E-state index contributed by atoms with van der Waals surface area (Å²) in [6.07, 6.45) is 8.80. The Morgan fingerprint density at radius 1 is 1.47 bits per heavy atom. The van der Waals surface area contributed by atoms with Crippen molar-refractivity contribution in [3.8, 4) is 6.07 Å². The topological polar surface area (TPSA) is 56.3 Å². The summed E-state index contributed by atoms with van der Waals surface area (Å²) in [7, 11) is 0. The molecule has 92 valence electrons. The van der Waals surface area contributed by atoms with Gasteiger partial charge in [0.15, 0.2) is 0 Å². The van der Waals surface area contributed by atoms with Crippen LogP contribution < -0.4 is 5.73 Å². The van der Waals surface area contributed by atoms with Crippen molar-refractivity contribution in [2.45, 2.75) is 18.9 Å². The van der Waals surface area contributed by atoms with Crippen LogP contribution in [0.5, 0.6) is 0 Å². The van der Waals surface area contributed by atoms with Crippen molar-refractivity contribution < 1.29 is 0 Å². The number of hydrogen-bond donors (Lipinski definition) is 1. The number of rotatable bonds is 3. The van der Waals surface area contributed by atoms with Gasteiger partial charge in [-0.3, -0.25) is 9.80 Å². The molecular formula is C13H20N4. The molecule has 0 bridgehead atoms. The molecule has 2 rings (SSSR count). The molecule has 0 aromatic heterocycles. The summed E-state index contributed by atoms with van der Waals surface area (Å²) in [5.74, 6) is 0. The van der Waals surface area contributed by atoms with Crippen molar-refractivity contribution in [1.29, 1.82) is 5.26 Å². The molecule has 0 radical (unpaired) electrons. The fourth-order valence-electron chi connectivity index (χ4n) is 2.59. The fourth-order valence-corrected chi connectivity index (χ4v) is 2.59. The van der Waals surface area contributed by atoms with E-state index in [2.05, 4.69) is 34.1 Å². The van der Waals surface area contributed by atoms with Crippen molar-refractivity contribution in [3.05, 3.63) is 23.8 Å². The Kier molecular flexibility index (Phi) is 4.32. The second kappa shape index (κ2) is 5.97. The number of nitrogens with zero attached hydrogens (tertiary/aromatic N) is 3. The lowest BCUT2D eigenvalue weighted by Gasteiger charge is -2.41. The minimum absolute atomic E-state index is 0.395. The first-order valence-corrected chi connectivity index (χ1v) is 6.24. The van der Waals surface area contributed by atoms with Gasteiger partial charge in [0, 0.05) is 32.3 Å². The van der Waals surface area contributed by atoms with E-state index in [9.17, 15) is 0 Å². The summed E-state index contributed by atoms with van der Waals surface area (Å²) in [5.41, 5.74) is 7.28. The van der Waals surface area contributed by atoms with Gasteiger partial charge in [0.25, 0.3) is 0 Å². The Hall–Kier alpha value is -1.15. The quantitative estimate of drug-likeness (QED) is 0.727. The molecule has 17 heavy (non-hydrogen) atoms. The predicted molar refractivity (Wildman–Crippen MR) is 68.1 cm³/mol. The molecule has 2 N–H and O–H groups in total. The summed E-state index contributed by atoms with van der Waals surface area (Å²) in [6, 6.07) is 2.63. The summed E-state index contributed by atoms with van der Waals surface area (Å²) in [5, 5.41) is 8.78. The minimum Gasteiger partial charge on any atom is -0.318 e. The van der Waals surface area contributed by atoms with Crippen LogP contribution in [0, 0.1) is 11.3 Å². The lowest BCUT2D eigenvalue weighted by Crippen LogP contribution is -2.55. The van der Waals surface area contributed by atoms with Crippen LogP contribution in [0.3, 0.4) is 0 Å². The van der Waals surface area contributed by atoms with Gasteiger partial charge < -0.3 is 5.73 Å². The third kappa shape index (κ3) is 2.95. The first-order chi connectivity index (χ1) is 8.35. The molecular weight excluding hydrogens is 212 g/mol. The van der Waals surface area contributed by atoms with Gasteiger partial charge in [0.1, 0.15) is 0 Å². The summed E-state index contributed by atoms with van der Waals surface area (Å²) < 4.78 is 0. The molecule has 1 aliphatic carbocycles. The zero-order valence-corrected chi connectivity index (χ0v) is 10.2. The molecule has 0 spiro atoms. The maximum atomic E-state index is 8.78. The molecule has 0 aromatic carbocycles. The lowest BCUT2D eigenvalue weighted by molar-refractivity contribution is 0.101. The Bertz CT molecular complexity index is 353. The van der Waals surface area contributed by atoms with E-state index in [1.54, 1.807) is 0 Å². The van der Waals surface area contributed by atoms with Crippen LogP contribution in [-0.4, -0.2) is 48.7 Å². The predicted octanol–water partition coefficient (Wildman–Crippen LogP) is 0.689. The van der Waals surface area contributed by atoms with Crippen molar-refractivity contribution in [3.63, 3.8) is 0 Å². The average molecular weight is 232 g/mol. The number of nitrogens with two attached hydrogens (primary N) is 1. The van der Waals surface area contributed by atoms with E-state index in [1.807, 2.05) is 0 Å². The van der Waals surface area contributed by atoms with Gasteiger partial charge >= 0.3 is 0 Å². The SMILES string of the molecule is N#CCN1CCN(CN)C(C2=CC=CCC2)C1. The third-order valence-electron chi connectivity index (χ3n) is 3.58. The normalized spacial score (nSPS) is 26.6. The zero-order chi connectivity index (χ0) is 12.1. The van der Waals surface area contributed by atoms with Crippen LogP contribution in [0.25, 0.3) is 0 Å². The Balaban J connectivity index is 2.07. The molecule has 1 aliphatic heterocycles. The van der Waals surface area contributed by atoms with Crippen LogP contribution in [-0.2, 0) is 0 Å². The van der Waals surface area contributed by atoms with Crippen molar-refractivity contribution in [1.82, 2.24) is 9.80 Å². The molecule has 4 nitrogen and oxygen atoms in total. The summed E-state index contributed by atoms with van der Waals surface area (Å²) in [6.45, 7) is 3.98. The molecule has 1 saturated heterocycles. The fraction of sp³-hybridized carbons (Fsp3) is 0.615. The van der Waals surface area contributed by atoms with Gasteiger partial charge in [-0.1, -0.05) is 23.8 Å². The van der Waals surface area contributed by atoms with Gasteiger partial charge in [0.05, 0.1) is 12.6 Å². The number of allylic oxidation sites excluding steroid dienone is 3. The Morgan fingerprint density at radius 2 is 2.35 bits per heavy atom. The van der Waals surface area contributed by atoms with Gasteiger partial charge in [-0.2, -0.15) is 5.26 Å². The summed E-state index contributed by atoms with van der Waals surface area (Å²) in [4.78, 5) is 4.54. The van der Waals surface area contributed by atoms with Crippen LogP contribution >= 0.6 is 0 Å². The van der Waals surface area contributed by atoms with Crippen LogP contribution in [0.1, 0.15) is 12.8 Å². The second-order valence-corrected chi connectivity index (χ2v) is 4.61.